The van der Waals surface area contributed by atoms with Crippen molar-refractivity contribution in [1.82, 2.24) is 15.5 Å². The molecular weight excluding hydrogens is 302 g/mol. The van der Waals surface area contributed by atoms with Crippen LogP contribution in [0.25, 0.3) is 0 Å². The van der Waals surface area contributed by atoms with Crippen molar-refractivity contribution in [2.45, 2.75) is 18.1 Å². The van der Waals surface area contributed by atoms with Crippen LogP contribution in [0.4, 0.5) is 0 Å². The summed E-state index contributed by atoms with van der Waals surface area (Å²) < 4.78 is 0. The number of nitrogens with zero attached hydrogens (tertiary/aromatic N) is 1. The Hall–Kier alpha value is -0.560. The van der Waals surface area contributed by atoms with E-state index in [-0.39, 0.29) is 11.2 Å². The van der Waals surface area contributed by atoms with Crippen LogP contribution in [0, 0.1) is 0 Å². The van der Waals surface area contributed by atoms with Gasteiger partial charge in [0.05, 0.1) is 0 Å². The Labute approximate surface area is 134 Å². The predicted octanol–water partition coefficient (Wildman–Crippen LogP) is 1.49. The van der Waals surface area contributed by atoms with Gasteiger partial charge in [0.1, 0.15) is 5.25 Å². The second-order valence-corrected chi connectivity index (χ2v) is 7.75. The lowest BCUT2D eigenvalue weighted by molar-refractivity contribution is -0.120. The first-order chi connectivity index (χ1) is 10.3. The number of carbonyl (C=O) groups excluding carboxylic acids is 1. The zero-order valence-electron chi connectivity index (χ0n) is 12.3. The second kappa shape index (κ2) is 7.63. The van der Waals surface area contributed by atoms with E-state index >= 15 is 0 Å². The zero-order valence-corrected chi connectivity index (χ0v) is 13.9. The Balaban J connectivity index is 1.41. The van der Waals surface area contributed by atoms with Gasteiger partial charge in [0.2, 0.25) is 5.91 Å². The van der Waals surface area contributed by atoms with E-state index in [1.165, 1.54) is 10.4 Å². The van der Waals surface area contributed by atoms with E-state index in [1.54, 1.807) is 23.1 Å². The number of fused-ring (bicyclic) bond motifs is 1. The molecule has 21 heavy (non-hydrogen) atoms. The summed E-state index contributed by atoms with van der Waals surface area (Å²) in [5.74, 6) is 1.26. The number of thiophene rings is 1. The van der Waals surface area contributed by atoms with Crippen molar-refractivity contribution < 1.29 is 4.79 Å². The first-order valence-corrected chi connectivity index (χ1v) is 9.66. The van der Waals surface area contributed by atoms with Crippen molar-refractivity contribution in [3.05, 3.63) is 21.9 Å². The third kappa shape index (κ3) is 4.00. The van der Waals surface area contributed by atoms with Gasteiger partial charge >= 0.3 is 0 Å². The van der Waals surface area contributed by atoms with E-state index in [0.717, 1.165) is 57.9 Å². The van der Waals surface area contributed by atoms with Crippen LogP contribution in [-0.4, -0.2) is 55.8 Å². The molecule has 6 heteroatoms. The number of piperazine rings is 1. The highest BCUT2D eigenvalue weighted by Crippen LogP contribution is 2.39. The second-order valence-electron chi connectivity index (χ2n) is 5.54. The van der Waals surface area contributed by atoms with E-state index in [1.807, 2.05) is 0 Å². The summed E-state index contributed by atoms with van der Waals surface area (Å²) in [5.41, 5.74) is 1.25. The van der Waals surface area contributed by atoms with E-state index < -0.39 is 0 Å². The summed E-state index contributed by atoms with van der Waals surface area (Å²) in [6.07, 6.45) is 2.16. The SMILES string of the molecule is O=C(NCCCN1CCNCC1)C1SCCc2sccc21. The number of aryl methyl sites for hydroxylation is 1. The van der Waals surface area contributed by atoms with E-state index in [0.29, 0.717) is 0 Å². The highest BCUT2D eigenvalue weighted by atomic mass is 32.2. The van der Waals surface area contributed by atoms with Crippen LogP contribution in [0.15, 0.2) is 11.4 Å². The fourth-order valence-electron chi connectivity index (χ4n) is 2.91. The van der Waals surface area contributed by atoms with Crippen LogP contribution in [0.2, 0.25) is 0 Å². The number of hydrogen-bond acceptors (Lipinski definition) is 5. The molecule has 1 atom stereocenters. The molecule has 1 unspecified atom stereocenters. The van der Waals surface area contributed by atoms with Crippen LogP contribution in [-0.2, 0) is 11.2 Å². The third-order valence-electron chi connectivity index (χ3n) is 4.07. The quantitative estimate of drug-likeness (QED) is 0.805. The Morgan fingerprint density at radius 3 is 3.14 bits per heavy atom. The molecule has 2 aliphatic heterocycles. The number of amides is 1. The molecule has 1 fully saturated rings. The van der Waals surface area contributed by atoms with Crippen molar-refractivity contribution in [3.8, 4) is 0 Å². The van der Waals surface area contributed by atoms with Crippen molar-refractivity contribution in [1.29, 1.82) is 0 Å². The average Bonchev–Trinajstić information content (AvgIpc) is 3.01. The van der Waals surface area contributed by atoms with Crippen molar-refractivity contribution in [3.63, 3.8) is 0 Å². The summed E-state index contributed by atoms with van der Waals surface area (Å²) in [6.45, 7) is 6.32. The Kier molecular flexibility index (Phi) is 5.57. The minimum absolute atomic E-state index is 0.0131. The molecule has 1 aromatic rings. The van der Waals surface area contributed by atoms with Gasteiger partial charge in [0.25, 0.3) is 0 Å². The maximum atomic E-state index is 12.4. The van der Waals surface area contributed by atoms with Gasteiger partial charge in [-0.2, -0.15) is 0 Å². The fourth-order valence-corrected chi connectivity index (χ4v) is 5.22. The number of thioether (sulfide) groups is 1. The van der Waals surface area contributed by atoms with Crippen molar-refractivity contribution in [2.75, 3.05) is 45.0 Å². The topological polar surface area (TPSA) is 44.4 Å². The highest BCUT2D eigenvalue weighted by molar-refractivity contribution is 8.00. The molecule has 2 aliphatic rings. The Morgan fingerprint density at radius 2 is 2.29 bits per heavy atom. The van der Waals surface area contributed by atoms with Gasteiger partial charge in [-0.25, -0.2) is 0 Å². The van der Waals surface area contributed by atoms with Crippen LogP contribution >= 0.6 is 23.1 Å². The van der Waals surface area contributed by atoms with E-state index in [4.69, 9.17) is 0 Å². The first-order valence-electron chi connectivity index (χ1n) is 7.73. The van der Waals surface area contributed by atoms with Crippen LogP contribution < -0.4 is 10.6 Å². The third-order valence-corrected chi connectivity index (χ3v) is 6.31. The lowest BCUT2D eigenvalue weighted by atomic mass is 10.1. The van der Waals surface area contributed by atoms with Gasteiger partial charge in [-0.15, -0.1) is 23.1 Å². The molecule has 1 amide bonds. The molecule has 3 rings (SSSR count). The molecule has 2 N–H and O–H groups in total. The number of rotatable bonds is 5. The molecule has 1 saturated heterocycles. The summed E-state index contributed by atoms with van der Waals surface area (Å²) in [7, 11) is 0. The van der Waals surface area contributed by atoms with Gasteiger partial charge in [-0.1, -0.05) is 0 Å². The molecule has 0 aromatic carbocycles. The molecule has 0 bridgehead atoms. The van der Waals surface area contributed by atoms with E-state index in [9.17, 15) is 4.79 Å². The molecule has 4 nitrogen and oxygen atoms in total. The predicted molar refractivity (Wildman–Crippen MR) is 90.2 cm³/mol. The highest BCUT2D eigenvalue weighted by Gasteiger charge is 2.27. The molecular formula is C15H23N3OS2. The number of carbonyl (C=O) groups is 1. The van der Waals surface area contributed by atoms with Gasteiger partial charge in [-0.05, 0) is 42.1 Å². The van der Waals surface area contributed by atoms with Crippen LogP contribution in [0.1, 0.15) is 22.1 Å². The molecule has 0 spiro atoms. The Bertz CT molecular complexity index is 471. The van der Waals surface area contributed by atoms with Crippen molar-refractivity contribution >= 4 is 29.0 Å². The van der Waals surface area contributed by atoms with Gasteiger partial charge in [0.15, 0.2) is 0 Å². The smallest absolute Gasteiger partial charge is 0.237 e. The minimum Gasteiger partial charge on any atom is -0.355 e. The van der Waals surface area contributed by atoms with Gasteiger partial charge < -0.3 is 15.5 Å². The molecule has 116 valence electrons. The lowest BCUT2D eigenvalue weighted by Gasteiger charge is -2.27. The molecule has 0 aliphatic carbocycles. The molecule has 0 saturated carbocycles. The van der Waals surface area contributed by atoms with Crippen LogP contribution in [0.5, 0.6) is 0 Å². The average molecular weight is 326 g/mol. The maximum Gasteiger partial charge on any atom is 0.237 e. The largest absolute Gasteiger partial charge is 0.355 e. The number of hydrogen-bond donors (Lipinski definition) is 2. The standard InChI is InChI=1S/C15H23N3OS2/c19-15(14-12-2-10-20-13(12)3-11-21-14)17-4-1-7-18-8-5-16-6-9-18/h2,10,14,16H,1,3-9,11H2,(H,17,19). The van der Waals surface area contributed by atoms with Crippen molar-refractivity contribution in [2.24, 2.45) is 0 Å². The summed E-state index contributed by atoms with van der Waals surface area (Å²) >= 11 is 3.57. The number of nitrogens with one attached hydrogen (secondary N) is 2. The Morgan fingerprint density at radius 1 is 1.43 bits per heavy atom. The molecule has 0 radical (unpaired) electrons. The summed E-state index contributed by atoms with van der Waals surface area (Å²) in [4.78, 5) is 16.2. The molecule has 3 heterocycles. The first kappa shape index (κ1) is 15.3. The molecule has 1 aromatic heterocycles. The summed E-state index contributed by atoms with van der Waals surface area (Å²) in [5, 5.41) is 8.61. The monoisotopic (exact) mass is 325 g/mol. The zero-order chi connectivity index (χ0) is 14.5. The maximum absolute atomic E-state index is 12.4. The van der Waals surface area contributed by atoms with Gasteiger partial charge in [-0.3, -0.25) is 4.79 Å². The van der Waals surface area contributed by atoms with Crippen LogP contribution in [0.3, 0.4) is 0 Å². The summed E-state index contributed by atoms with van der Waals surface area (Å²) in [6, 6.07) is 2.12. The van der Waals surface area contributed by atoms with Gasteiger partial charge in [0, 0.05) is 37.6 Å². The normalized spacial score (nSPS) is 22.8. The van der Waals surface area contributed by atoms with E-state index in [2.05, 4.69) is 27.0 Å². The lowest BCUT2D eigenvalue weighted by Crippen LogP contribution is -2.44. The minimum atomic E-state index is 0.0131. The fraction of sp³-hybridized carbons (Fsp3) is 0.667.